The van der Waals surface area contributed by atoms with Crippen LogP contribution in [0.1, 0.15) is 15.9 Å². The summed E-state index contributed by atoms with van der Waals surface area (Å²) in [4.78, 5) is 11.0. The van der Waals surface area contributed by atoms with Gasteiger partial charge in [0.15, 0.2) is 11.6 Å². The number of benzene rings is 2. The third kappa shape index (κ3) is 3.01. The maximum absolute atomic E-state index is 13.5. The topological polar surface area (TPSA) is 78.3 Å². The minimum absolute atomic E-state index is 0.00646. The van der Waals surface area contributed by atoms with Crippen molar-refractivity contribution in [2.24, 2.45) is 5.73 Å². The first-order chi connectivity index (χ1) is 9.08. The second-order valence-electron chi connectivity index (χ2n) is 4.01. The molecule has 4 nitrogen and oxygen atoms in total. The maximum atomic E-state index is 13.5. The Hall–Kier alpha value is -2.56. The SMILES string of the molecule is NC(=O)c1cccc(COc2c(N)cccc2F)c1. The van der Waals surface area contributed by atoms with Crippen LogP contribution in [0, 0.1) is 5.82 Å². The third-order valence-electron chi connectivity index (χ3n) is 2.59. The number of primary amides is 1. The highest BCUT2D eigenvalue weighted by molar-refractivity contribution is 5.92. The van der Waals surface area contributed by atoms with Gasteiger partial charge in [0.25, 0.3) is 0 Å². The number of ether oxygens (including phenoxy) is 1. The lowest BCUT2D eigenvalue weighted by Gasteiger charge is -2.10. The normalized spacial score (nSPS) is 10.2. The molecule has 0 spiro atoms. The second kappa shape index (κ2) is 5.39. The molecule has 19 heavy (non-hydrogen) atoms. The summed E-state index contributed by atoms with van der Waals surface area (Å²) in [5, 5.41) is 0. The highest BCUT2D eigenvalue weighted by Crippen LogP contribution is 2.25. The number of anilines is 1. The molecule has 0 unspecified atom stereocenters. The minimum atomic E-state index is -0.522. The molecule has 0 aliphatic carbocycles. The Kier molecular flexibility index (Phi) is 3.66. The van der Waals surface area contributed by atoms with Crippen LogP contribution in [0.3, 0.4) is 0 Å². The molecule has 0 aromatic heterocycles. The Morgan fingerprint density at radius 1 is 1.21 bits per heavy atom. The maximum Gasteiger partial charge on any atom is 0.248 e. The molecule has 2 aromatic rings. The van der Waals surface area contributed by atoms with E-state index in [1.807, 2.05) is 0 Å². The van der Waals surface area contributed by atoms with Gasteiger partial charge in [-0.15, -0.1) is 0 Å². The molecule has 2 rings (SSSR count). The van der Waals surface area contributed by atoms with Crippen molar-refractivity contribution in [3.8, 4) is 5.75 Å². The Bertz CT molecular complexity index is 594. The lowest BCUT2D eigenvalue weighted by atomic mass is 10.1. The highest BCUT2D eigenvalue weighted by Gasteiger charge is 2.08. The molecule has 2 aromatic carbocycles. The number of amides is 1. The molecule has 4 N–H and O–H groups in total. The quantitative estimate of drug-likeness (QED) is 0.826. The van der Waals surface area contributed by atoms with Crippen molar-refractivity contribution in [1.82, 2.24) is 0 Å². The molecule has 0 bridgehead atoms. The predicted octanol–water partition coefficient (Wildman–Crippen LogP) is 2.09. The number of para-hydroxylation sites is 1. The fourth-order valence-electron chi connectivity index (χ4n) is 1.65. The van der Waals surface area contributed by atoms with Crippen LogP contribution >= 0.6 is 0 Å². The average Bonchev–Trinajstić information content (AvgIpc) is 2.38. The zero-order valence-electron chi connectivity index (χ0n) is 10.1. The van der Waals surface area contributed by atoms with Crippen LogP contribution < -0.4 is 16.2 Å². The fourth-order valence-corrected chi connectivity index (χ4v) is 1.65. The van der Waals surface area contributed by atoms with Gasteiger partial charge in [0, 0.05) is 5.56 Å². The van der Waals surface area contributed by atoms with Gasteiger partial charge in [0.1, 0.15) is 6.61 Å². The van der Waals surface area contributed by atoms with Crippen molar-refractivity contribution < 1.29 is 13.9 Å². The summed E-state index contributed by atoms with van der Waals surface area (Å²) in [5.41, 5.74) is 12.1. The van der Waals surface area contributed by atoms with Crippen molar-refractivity contribution in [3.63, 3.8) is 0 Å². The van der Waals surface area contributed by atoms with Gasteiger partial charge in [0.2, 0.25) is 5.91 Å². The first-order valence-electron chi connectivity index (χ1n) is 5.63. The number of hydrogen-bond donors (Lipinski definition) is 2. The van der Waals surface area contributed by atoms with Crippen molar-refractivity contribution in [1.29, 1.82) is 0 Å². The van der Waals surface area contributed by atoms with Gasteiger partial charge in [-0.25, -0.2) is 4.39 Å². The smallest absolute Gasteiger partial charge is 0.248 e. The minimum Gasteiger partial charge on any atom is -0.484 e. The Morgan fingerprint density at radius 3 is 2.63 bits per heavy atom. The molecule has 0 saturated carbocycles. The monoisotopic (exact) mass is 260 g/mol. The molecule has 5 heteroatoms. The molecule has 0 atom stereocenters. The standard InChI is InChI=1S/C14H13FN2O2/c15-11-5-2-6-12(16)13(11)19-8-9-3-1-4-10(7-9)14(17)18/h1-7H,8,16H2,(H2,17,18). The zero-order chi connectivity index (χ0) is 13.8. The first kappa shape index (κ1) is 12.9. The average molecular weight is 260 g/mol. The van der Waals surface area contributed by atoms with E-state index in [9.17, 15) is 9.18 Å². The second-order valence-corrected chi connectivity index (χ2v) is 4.01. The number of carbonyl (C=O) groups is 1. The predicted molar refractivity (Wildman–Crippen MR) is 70.1 cm³/mol. The Morgan fingerprint density at radius 2 is 1.95 bits per heavy atom. The summed E-state index contributed by atoms with van der Waals surface area (Å²) >= 11 is 0. The molecule has 0 aliphatic rings. The van der Waals surface area contributed by atoms with Gasteiger partial charge in [-0.2, -0.15) is 0 Å². The van der Waals surface area contributed by atoms with Crippen LogP contribution in [-0.2, 0) is 6.61 Å². The van der Waals surface area contributed by atoms with Gasteiger partial charge in [-0.3, -0.25) is 4.79 Å². The van der Waals surface area contributed by atoms with Crippen molar-refractivity contribution in [3.05, 3.63) is 59.4 Å². The number of halogens is 1. The number of nitrogen functional groups attached to an aromatic ring is 1. The van der Waals surface area contributed by atoms with Gasteiger partial charge >= 0.3 is 0 Å². The third-order valence-corrected chi connectivity index (χ3v) is 2.59. The first-order valence-corrected chi connectivity index (χ1v) is 5.63. The van der Waals surface area contributed by atoms with E-state index in [0.29, 0.717) is 11.1 Å². The largest absolute Gasteiger partial charge is 0.484 e. The lowest BCUT2D eigenvalue weighted by Crippen LogP contribution is -2.11. The van der Waals surface area contributed by atoms with E-state index in [1.54, 1.807) is 30.3 Å². The molecule has 0 radical (unpaired) electrons. The van der Waals surface area contributed by atoms with Crippen LogP contribution in [0.25, 0.3) is 0 Å². The summed E-state index contributed by atoms with van der Waals surface area (Å²) in [6, 6.07) is 11.0. The summed E-state index contributed by atoms with van der Waals surface area (Å²) in [7, 11) is 0. The summed E-state index contributed by atoms with van der Waals surface area (Å²) in [6.07, 6.45) is 0. The number of carbonyl (C=O) groups excluding carboxylic acids is 1. The number of rotatable bonds is 4. The van der Waals surface area contributed by atoms with Gasteiger partial charge in [0.05, 0.1) is 5.69 Å². The van der Waals surface area contributed by atoms with Gasteiger partial charge in [-0.05, 0) is 29.8 Å². The number of nitrogens with two attached hydrogens (primary N) is 2. The summed E-state index contributed by atoms with van der Waals surface area (Å²) in [6.45, 7) is 0.103. The van der Waals surface area contributed by atoms with E-state index >= 15 is 0 Å². The van der Waals surface area contributed by atoms with Crippen molar-refractivity contribution >= 4 is 11.6 Å². The summed E-state index contributed by atoms with van der Waals surface area (Å²) < 4.78 is 18.8. The Labute approximate surface area is 109 Å². The van der Waals surface area contributed by atoms with Crippen molar-refractivity contribution in [2.45, 2.75) is 6.61 Å². The van der Waals surface area contributed by atoms with Gasteiger partial charge in [-0.1, -0.05) is 18.2 Å². The highest BCUT2D eigenvalue weighted by atomic mass is 19.1. The molecule has 0 fully saturated rings. The van der Waals surface area contributed by atoms with Crippen LogP contribution in [0.2, 0.25) is 0 Å². The molecule has 0 saturated heterocycles. The van der Waals surface area contributed by atoms with E-state index in [-0.39, 0.29) is 18.0 Å². The molecule has 0 aliphatic heterocycles. The van der Waals surface area contributed by atoms with E-state index in [4.69, 9.17) is 16.2 Å². The van der Waals surface area contributed by atoms with E-state index in [0.717, 1.165) is 0 Å². The van der Waals surface area contributed by atoms with Crippen molar-refractivity contribution in [2.75, 3.05) is 5.73 Å². The molecule has 98 valence electrons. The zero-order valence-corrected chi connectivity index (χ0v) is 10.1. The van der Waals surface area contributed by atoms with E-state index < -0.39 is 11.7 Å². The van der Waals surface area contributed by atoms with Crippen LogP contribution in [0.4, 0.5) is 10.1 Å². The van der Waals surface area contributed by atoms with E-state index in [2.05, 4.69) is 0 Å². The molecular weight excluding hydrogens is 247 g/mol. The molecular formula is C14H13FN2O2. The van der Waals surface area contributed by atoms with E-state index in [1.165, 1.54) is 12.1 Å². The summed E-state index contributed by atoms with van der Waals surface area (Å²) in [5.74, 6) is -1.04. The Balaban J connectivity index is 2.15. The van der Waals surface area contributed by atoms with Gasteiger partial charge < -0.3 is 16.2 Å². The van der Waals surface area contributed by atoms with Crippen LogP contribution in [-0.4, -0.2) is 5.91 Å². The molecule has 0 heterocycles. The van der Waals surface area contributed by atoms with Crippen LogP contribution in [0.15, 0.2) is 42.5 Å². The number of hydrogen-bond acceptors (Lipinski definition) is 3. The lowest BCUT2D eigenvalue weighted by molar-refractivity contribution is 0.1000. The van der Waals surface area contributed by atoms with Crippen LogP contribution in [0.5, 0.6) is 5.75 Å². The fraction of sp³-hybridized carbons (Fsp3) is 0.0714. The molecule has 1 amide bonds.